The summed E-state index contributed by atoms with van der Waals surface area (Å²) in [5.74, 6) is 1.94. The van der Waals surface area contributed by atoms with Crippen molar-refractivity contribution in [2.45, 2.75) is 13.1 Å². The van der Waals surface area contributed by atoms with E-state index in [1.807, 2.05) is 54.6 Å². The fourth-order valence-electron chi connectivity index (χ4n) is 3.88. The topological polar surface area (TPSA) is 151 Å². The zero-order chi connectivity index (χ0) is 27.9. The van der Waals surface area contributed by atoms with E-state index in [2.05, 4.69) is 35.9 Å². The van der Waals surface area contributed by atoms with Crippen LogP contribution in [0.4, 0.5) is 23.7 Å². The van der Waals surface area contributed by atoms with Crippen LogP contribution in [0.15, 0.2) is 83.7 Å². The van der Waals surface area contributed by atoms with Crippen LogP contribution < -0.4 is 31.1 Å². The Labute approximate surface area is 229 Å². The molecule has 12 nitrogen and oxygen atoms in total. The average Bonchev–Trinajstić information content (AvgIpc) is 3.27. The molecule has 40 heavy (non-hydrogen) atoms. The third-order valence-electron chi connectivity index (χ3n) is 5.98. The number of rotatable bonds is 11. The van der Waals surface area contributed by atoms with Gasteiger partial charge >= 0.3 is 5.69 Å². The second-order valence-electron chi connectivity index (χ2n) is 8.63. The molecule has 0 bridgehead atoms. The van der Waals surface area contributed by atoms with Crippen molar-refractivity contribution in [3.63, 3.8) is 0 Å². The van der Waals surface area contributed by atoms with Crippen LogP contribution in [0.2, 0.25) is 0 Å². The molecule has 0 atom stereocenters. The summed E-state index contributed by atoms with van der Waals surface area (Å²) in [5, 5.41) is 20.1. The van der Waals surface area contributed by atoms with Crippen LogP contribution in [-0.4, -0.2) is 43.8 Å². The highest BCUT2D eigenvalue weighted by Crippen LogP contribution is 2.25. The van der Waals surface area contributed by atoms with Gasteiger partial charge in [-0.3, -0.25) is 4.98 Å². The molecule has 12 heteroatoms. The smallest absolute Gasteiger partial charge is 0.334 e. The van der Waals surface area contributed by atoms with Gasteiger partial charge in [0.1, 0.15) is 11.5 Å². The third-order valence-corrected chi connectivity index (χ3v) is 5.98. The maximum Gasteiger partial charge on any atom is 0.334 e. The van der Waals surface area contributed by atoms with Crippen molar-refractivity contribution < 1.29 is 14.6 Å². The molecule has 0 aliphatic rings. The van der Waals surface area contributed by atoms with E-state index in [1.165, 1.54) is 0 Å². The SMILES string of the molecule is COc1ccc(CNc2nc(NCc3ccc(OC)cc3)nc(Nc3[nH]c(=O)n(-c4ccccc4)c3O)n2)cc1. The average molecular weight is 541 g/mol. The number of hydrogen-bond donors (Lipinski definition) is 5. The molecule has 0 aliphatic carbocycles. The molecule has 0 unspecified atom stereocenters. The minimum Gasteiger partial charge on any atom is -0.497 e. The molecule has 3 aromatic carbocycles. The zero-order valence-corrected chi connectivity index (χ0v) is 21.9. The highest BCUT2D eigenvalue weighted by Gasteiger charge is 2.17. The molecule has 0 saturated carbocycles. The molecule has 0 fully saturated rings. The Kier molecular flexibility index (Phi) is 7.77. The van der Waals surface area contributed by atoms with Gasteiger partial charge in [0, 0.05) is 13.1 Å². The first-order valence-electron chi connectivity index (χ1n) is 12.4. The summed E-state index contributed by atoms with van der Waals surface area (Å²) in [6, 6.07) is 24.0. The monoisotopic (exact) mass is 540 g/mol. The number of ether oxygens (including phenoxy) is 2. The first-order chi connectivity index (χ1) is 19.5. The molecule has 2 aromatic heterocycles. The van der Waals surface area contributed by atoms with E-state index in [1.54, 1.807) is 38.5 Å². The minimum atomic E-state index is -0.518. The number of H-pyrrole nitrogens is 1. The number of imidazole rings is 1. The molecule has 5 aromatic rings. The maximum absolute atomic E-state index is 12.6. The molecule has 0 saturated heterocycles. The van der Waals surface area contributed by atoms with E-state index in [0.29, 0.717) is 18.8 Å². The number of nitrogens with one attached hydrogen (secondary N) is 4. The van der Waals surface area contributed by atoms with Crippen molar-refractivity contribution in [1.29, 1.82) is 0 Å². The molecule has 0 spiro atoms. The second-order valence-corrected chi connectivity index (χ2v) is 8.63. The van der Waals surface area contributed by atoms with Crippen molar-refractivity contribution in [3.8, 4) is 23.1 Å². The first-order valence-corrected chi connectivity index (χ1v) is 12.4. The second kappa shape index (κ2) is 11.9. The minimum absolute atomic E-state index is 0.0438. The van der Waals surface area contributed by atoms with Gasteiger partial charge in [-0.25, -0.2) is 9.36 Å². The maximum atomic E-state index is 12.6. The summed E-state index contributed by atoms with van der Waals surface area (Å²) in [5.41, 5.74) is 1.97. The van der Waals surface area contributed by atoms with Crippen molar-refractivity contribution in [1.82, 2.24) is 24.5 Å². The lowest BCUT2D eigenvalue weighted by Gasteiger charge is -2.12. The Bertz CT molecular complexity index is 1550. The van der Waals surface area contributed by atoms with Crippen LogP contribution in [0, 0.1) is 0 Å². The summed E-state index contributed by atoms with van der Waals surface area (Å²) >= 11 is 0. The van der Waals surface area contributed by atoms with Gasteiger partial charge in [-0.2, -0.15) is 15.0 Å². The van der Waals surface area contributed by atoms with Crippen LogP contribution in [0.1, 0.15) is 11.1 Å². The van der Waals surface area contributed by atoms with Gasteiger partial charge < -0.3 is 30.5 Å². The normalized spacial score (nSPS) is 10.7. The van der Waals surface area contributed by atoms with Gasteiger partial charge in [0.2, 0.25) is 23.7 Å². The Morgan fingerprint density at radius 2 is 1.25 bits per heavy atom. The number of hydrogen-bond acceptors (Lipinski definition) is 10. The predicted octanol–water partition coefficient (Wildman–Crippen LogP) is 4.04. The largest absolute Gasteiger partial charge is 0.497 e. The van der Waals surface area contributed by atoms with Gasteiger partial charge in [-0.1, -0.05) is 42.5 Å². The molecule has 5 rings (SSSR count). The van der Waals surface area contributed by atoms with Gasteiger partial charge in [0.25, 0.3) is 0 Å². The summed E-state index contributed by atoms with van der Waals surface area (Å²) in [4.78, 5) is 28.6. The number of aromatic nitrogens is 5. The van der Waals surface area contributed by atoms with E-state index in [9.17, 15) is 9.90 Å². The highest BCUT2D eigenvalue weighted by atomic mass is 16.5. The zero-order valence-electron chi connectivity index (χ0n) is 21.9. The van der Waals surface area contributed by atoms with Gasteiger partial charge in [0.05, 0.1) is 19.9 Å². The van der Waals surface area contributed by atoms with Crippen LogP contribution >= 0.6 is 0 Å². The molecular formula is C28H28N8O4. The Morgan fingerprint density at radius 3 is 1.75 bits per heavy atom. The molecule has 2 heterocycles. The summed E-state index contributed by atoms with van der Waals surface area (Å²) in [6.45, 7) is 0.885. The van der Waals surface area contributed by atoms with E-state index in [0.717, 1.165) is 27.2 Å². The lowest BCUT2D eigenvalue weighted by molar-refractivity contribution is 0.414. The predicted molar refractivity (Wildman–Crippen MR) is 152 cm³/mol. The van der Waals surface area contributed by atoms with Gasteiger partial charge in [-0.05, 0) is 47.5 Å². The first kappa shape index (κ1) is 26.1. The third kappa shape index (κ3) is 6.13. The lowest BCUT2D eigenvalue weighted by Crippen LogP contribution is -2.14. The van der Waals surface area contributed by atoms with Crippen LogP contribution in [0.3, 0.4) is 0 Å². The summed E-state index contributed by atoms with van der Waals surface area (Å²) in [7, 11) is 3.23. The molecular weight excluding hydrogens is 512 g/mol. The number of nitrogens with zero attached hydrogens (tertiary/aromatic N) is 4. The van der Waals surface area contributed by atoms with Crippen LogP contribution in [0.25, 0.3) is 5.69 Å². The lowest BCUT2D eigenvalue weighted by atomic mass is 10.2. The number of aromatic hydroxyl groups is 1. The van der Waals surface area contributed by atoms with E-state index in [-0.39, 0.29) is 29.5 Å². The van der Waals surface area contributed by atoms with Gasteiger partial charge in [0.15, 0.2) is 5.82 Å². The van der Waals surface area contributed by atoms with Crippen LogP contribution in [-0.2, 0) is 13.1 Å². The standard InChI is InChI=1S/C28H28N8O4/c1-39-21-12-8-18(9-13-21)16-29-25-33-26(30-17-19-10-14-22(40-2)15-11-19)35-27(34-25)31-23-24(37)36(28(38)32-23)20-6-4-3-5-7-20/h3-15,37H,16-17H2,1-2H3,(H,32,38)(H3,29,30,31,33,34,35). The Hall–Kier alpha value is -5.52. The molecule has 204 valence electrons. The highest BCUT2D eigenvalue weighted by molar-refractivity contribution is 5.58. The molecule has 0 aliphatic heterocycles. The van der Waals surface area contributed by atoms with Crippen molar-refractivity contribution in [2.24, 2.45) is 0 Å². The van der Waals surface area contributed by atoms with Crippen molar-refractivity contribution >= 4 is 23.7 Å². The number of para-hydroxylation sites is 1. The number of methoxy groups -OCH3 is 2. The van der Waals surface area contributed by atoms with E-state index in [4.69, 9.17) is 9.47 Å². The fraction of sp³-hybridized carbons (Fsp3) is 0.143. The number of anilines is 4. The molecule has 0 amide bonds. The Balaban J connectivity index is 1.39. The molecule has 0 radical (unpaired) electrons. The van der Waals surface area contributed by atoms with Crippen LogP contribution in [0.5, 0.6) is 17.4 Å². The van der Waals surface area contributed by atoms with Gasteiger partial charge in [-0.15, -0.1) is 0 Å². The van der Waals surface area contributed by atoms with Crippen molar-refractivity contribution in [2.75, 3.05) is 30.2 Å². The van der Waals surface area contributed by atoms with Crippen molar-refractivity contribution in [3.05, 3.63) is 100 Å². The quantitative estimate of drug-likeness (QED) is 0.166. The fourth-order valence-corrected chi connectivity index (χ4v) is 3.88. The summed E-state index contributed by atoms with van der Waals surface area (Å²) in [6.07, 6.45) is 0. The number of aromatic amines is 1. The summed E-state index contributed by atoms with van der Waals surface area (Å²) < 4.78 is 11.6. The number of benzene rings is 3. The van der Waals surface area contributed by atoms with E-state index >= 15 is 0 Å². The van der Waals surface area contributed by atoms with E-state index < -0.39 is 5.69 Å². The Morgan fingerprint density at radius 1 is 0.750 bits per heavy atom. The molecule has 5 N–H and O–H groups in total.